The molecule has 3 fully saturated rings. The molecule has 8 heteroatoms. The minimum absolute atomic E-state index is 0.0513. The van der Waals surface area contributed by atoms with Gasteiger partial charge in [0.05, 0.1) is 0 Å². The van der Waals surface area contributed by atoms with E-state index in [-0.39, 0.29) is 24.4 Å². The zero-order valence-electron chi connectivity index (χ0n) is 13.7. The number of rotatable bonds is 2. The molecule has 0 radical (unpaired) electrons. The number of carbonyl (C=O) groups is 4. The lowest BCUT2D eigenvalue weighted by Crippen LogP contribution is -2.61. The van der Waals surface area contributed by atoms with Crippen molar-refractivity contribution >= 4 is 23.8 Å². The number of amides is 5. The fourth-order valence-corrected chi connectivity index (χ4v) is 3.58. The molecule has 1 N–H and O–H groups in total. The molecule has 0 aromatic carbocycles. The number of nitrogens with zero attached hydrogens (tertiary/aromatic N) is 3. The summed E-state index contributed by atoms with van der Waals surface area (Å²) in [6, 6.07) is -1.06. The SMILES string of the molecule is C[C@@H]1C(=O)N2CCC[C@@H]2CN1C(=O)CN1C(=O)NC(C)(C)C1=O. The summed E-state index contributed by atoms with van der Waals surface area (Å²) in [5.41, 5.74) is -0.997. The highest BCUT2D eigenvalue weighted by molar-refractivity contribution is 6.08. The molecule has 23 heavy (non-hydrogen) atoms. The van der Waals surface area contributed by atoms with Crippen LogP contribution in [0.3, 0.4) is 0 Å². The number of hydrogen-bond acceptors (Lipinski definition) is 4. The Morgan fingerprint density at radius 1 is 1.30 bits per heavy atom. The van der Waals surface area contributed by atoms with Crippen molar-refractivity contribution in [3.05, 3.63) is 0 Å². The third-order valence-electron chi connectivity index (χ3n) is 4.95. The highest BCUT2D eigenvalue weighted by Gasteiger charge is 2.47. The second-order valence-electron chi connectivity index (χ2n) is 7.00. The van der Waals surface area contributed by atoms with Crippen molar-refractivity contribution in [2.24, 2.45) is 0 Å². The lowest BCUT2D eigenvalue weighted by Gasteiger charge is -2.41. The summed E-state index contributed by atoms with van der Waals surface area (Å²) < 4.78 is 0. The van der Waals surface area contributed by atoms with Crippen molar-refractivity contribution in [2.45, 2.75) is 51.2 Å². The minimum atomic E-state index is -0.997. The lowest BCUT2D eigenvalue weighted by molar-refractivity contribution is -0.153. The Kier molecular flexibility index (Phi) is 3.57. The van der Waals surface area contributed by atoms with Gasteiger partial charge < -0.3 is 15.1 Å². The molecule has 126 valence electrons. The van der Waals surface area contributed by atoms with Gasteiger partial charge in [0.15, 0.2) is 0 Å². The van der Waals surface area contributed by atoms with Crippen LogP contribution in [0.25, 0.3) is 0 Å². The van der Waals surface area contributed by atoms with Crippen molar-refractivity contribution in [2.75, 3.05) is 19.6 Å². The Morgan fingerprint density at radius 2 is 2.00 bits per heavy atom. The van der Waals surface area contributed by atoms with Crippen LogP contribution >= 0.6 is 0 Å². The topological polar surface area (TPSA) is 90.0 Å². The second kappa shape index (κ2) is 5.21. The Morgan fingerprint density at radius 3 is 2.61 bits per heavy atom. The summed E-state index contributed by atoms with van der Waals surface area (Å²) in [4.78, 5) is 53.3. The van der Waals surface area contributed by atoms with Gasteiger partial charge in [0.25, 0.3) is 5.91 Å². The maximum atomic E-state index is 12.6. The summed E-state index contributed by atoms with van der Waals surface area (Å²) in [5.74, 6) is -0.836. The molecule has 0 bridgehead atoms. The van der Waals surface area contributed by atoms with E-state index < -0.39 is 23.5 Å². The first-order valence-corrected chi connectivity index (χ1v) is 7.96. The highest BCUT2D eigenvalue weighted by atomic mass is 16.2. The molecule has 3 rings (SSSR count). The van der Waals surface area contributed by atoms with Gasteiger partial charge in [-0.1, -0.05) is 0 Å². The number of piperazine rings is 1. The summed E-state index contributed by atoms with van der Waals surface area (Å²) in [5, 5.41) is 2.55. The van der Waals surface area contributed by atoms with Crippen molar-refractivity contribution in [1.29, 1.82) is 0 Å². The largest absolute Gasteiger partial charge is 0.336 e. The van der Waals surface area contributed by atoms with Crippen LogP contribution in [0.5, 0.6) is 0 Å². The van der Waals surface area contributed by atoms with E-state index >= 15 is 0 Å². The molecule has 3 saturated heterocycles. The first kappa shape index (κ1) is 15.8. The predicted molar refractivity (Wildman–Crippen MR) is 80.2 cm³/mol. The highest BCUT2D eigenvalue weighted by Crippen LogP contribution is 2.26. The number of fused-ring (bicyclic) bond motifs is 1. The molecule has 3 aliphatic heterocycles. The van der Waals surface area contributed by atoms with Crippen LogP contribution in [-0.2, 0) is 14.4 Å². The number of imide groups is 1. The number of nitrogens with one attached hydrogen (secondary N) is 1. The average molecular weight is 322 g/mol. The third-order valence-corrected chi connectivity index (χ3v) is 4.95. The molecule has 8 nitrogen and oxygen atoms in total. The van der Waals surface area contributed by atoms with Crippen LogP contribution in [0.4, 0.5) is 4.79 Å². The van der Waals surface area contributed by atoms with Crippen LogP contribution in [0, 0.1) is 0 Å². The predicted octanol–water partition coefficient (Wildman–Crippen LogP) is -0.461. The average Bonchev–Trinajstić information content (AvgIpc) is 3.01. The summed E-state index contributed by atoms with van der Waals surface area (Å²) in [6.45, 7) is 5.79. The standard InChI is InChI=1S/C15H22N4O4/c1-9-12(21)17-6-4-5-10(17)7-18(9)11(20)8-19-13(22)15(2,3)16-14(19)23/h9-10H,4-8H2,1-3H3,(H,16,23)/t9-,10-/m1/s1. The Labute approximate surface area is 134 Å². The summed E-state index contributed by atoms with van der Waals surface area (Å²) in [6.07, 6.45) is 1.84. The van der Waals surface area contributed by atoms with Crippen molar-refractivity contribution in [3.8, 4) is 0 Å². The van der Waals surface area contributed by atoms with Crippen molar-refractivity contribution < 1.29 is 19.2 Å². The molecule has 3 aliphatic rings. The van der Waals surface area contributed by atoms with Crippen LogP contribution in [-0.4, -0.2) is 75.7 Å². The maximum absolute atomic E-state index is 12.6. The lowest BCUT2D eigenvalue weighted by atomic mass is 10.1. The van der Waals surface area contributed by atoms with Gasteiger partial charge >= 0.3 is 6.03 Å². The minimum Gasteiger partial charge on any atom is -0.336 e. The summed E-state index contributed by atoms with van der Waals surface area (Å²) in [7, 11) is 0. The first-order chi connectivity index (χ1) is 10.7. The second-order valence-corrected chi connectivity index (χ2v) is 7.00. The third kappa shape index (κ3) is 2.46. The Balaban J connectivity index is 1.72. The quantitative estimate of drug-likeness (QED) is 0.697. The molecule has 3 heterocycles. The van der Waals surface area contributed by atoms with E-state index in [9.17, 15) is 19.2 Å². The molecular formula is C15H22N4O4. The Hall–Kier alpha value is -2.12. The van der Waals surface area contributed by atoms with Gasteiger partial charge in [0.2, 0.25) is 11.8 Å². The van der Waals surface area contributed by atoms with Crippen LogP contribution < -0.4 is 5.32 Å². The van der Waals surface area contributed by atoms with E-state index in [0.29, 0.717) is 6.54 Å². The number of carbonyl (C=O) groups excluding carboxylic acids is 4. The normalized spacial score (nSPS) is 29.9. The number of hydrogen-bond donors (Lipinski definition) is 1. The Bertz CT molecular complexity index is 588. The van der Waals surface area contributed by atoms with Gasteiger partial charge in [-0.3, -0.25) is 19.3 Å². The van der Waals surface area contributed by atoms with Crippen LogP contribution in [0.1, 0.15) is 33.6 Å². The van der Waals surface area contributed by atoms with Crippen LogP contribution in [0.15, 0.2) is 0 Å². The number of urea groups is 1. The molecule has 0 spiro atoms. The van der Waals surface area contributed by atoms with Crippen molar-refractivity contribution in [3.63, 3.8) is 0 Å². The van der Waals surface area contributed by atoms with Gasteiger partial charge in [-0.15, -0.1) is 0 Å². The molecule has 5 amide bonds. The first-order valence-electron chi connectivity index (χ1n) is 7.96. The van der Waals surface area contributed by atoms with Crippen molar-refractivity contribution in [1.82, 2.24) is 20.0 Å². The summed E-state index contributed by atoms with van der Waals surface area (Å²) >= 11 is 0. The monoisotopic (exact) mass is 322 g/mol. The van der Waals surface area contributed by atoms with Gasteiger partial charge in [0.1, 0.15) is 18.1 Å². The molecule has 0 aromatic rings. The smallest absolute Gasteiger partial charge is 0.325 e. The van der Waals surface area contributed by atoms with E-state index in [2.05, 4.69) is 5.32 Å². The molecule has 0 aliphatic carbocycles. The molecule has 0 aromatic heterocycles. The molecule has 0 saturated carbocycles. The van der Waals surface area contributed by atoms with E-state index in [1.54, 1.807) is 20.8 Å². The van der Waals surface area contributed by atoms with Gasteiger partial charge in [-0.25, -0.2) is 4.79 Å². The van der Waals surface area contributed by atoms with E-state index in [4.69, 9.17) is 0 Å². The van der Waals surface area contributed by atoms with Crippen LogP contribution in [0.2, 0.25) is 0 Å². The zero-order valence-corrected chi connectivity index (χ0v) is 13.7. The van der Waals surface area contributed by atoms with E-state index in [1.807, 2.05) is 4.90 Å². The molecular weight excluding hydrogens is 300 g/mol. The van der Waals surface area contributed by atoms with Gasteiger partial charge in [-0.05, 0) is 33.6 Å². The fraction of sp³-hybridized carbons (Fsp3) is 0.733. The zero-order chi connectivity index (χ0) is 16.9. The fourth-order valence-electron chi connectivity index (χ4n) is 3.58. The maximum Gasteiger partial charge on any atom is 0.325 e. The molecule has 2 atom stereocenters. The van der Waals surface area contributed by atoms with Gasteiger partial charge in [-0.2, -0.15) is 0 Å². The van der Waals surface area contributed by atoms with Gasteiger partial charge in [0, 0.05) is 19.1 Å². The van der Waals surface area contributed by atoms with E-state index in [1.165, 1.54) is 4.90 Å². The van der Waals surface area contributed by atoms with E-state index in [0.717, 1.165) is 24.3 Å². The molecule has 0 unspecified atom stereocenters.